The van der Waals surface area contributed by atoms with E-state index in [2.05, 4.69) is 45.8 Å². The first-order valence-corrected chi connectivity index (χ1v) is 11.0. The van der Waals surface area contributed by atoms with Crippen LogP contribution in [-0.2, 0) is 5.41 Å². The summed E-state index contributed by atoms with van der Waals surface area (Å²) in [5.41, 5.74) is 2.56. The Balaban J connectivity index is 1.93. The molecule has 4 nitrogen and oxygen atoms in total. The number of phenols is 1. The molecule has 1 heterocycles. The van der Waals surface area contributed by atoms with Gasteiger partial charge in [0.15, 0.2) is 0 Å². The molecule has 1 aliphatic heterocycles. The Hall–Kier alpha value is -1.71. The third-order valence-corrected chi connectivity index (χ3v) is 7.02. The van der Waals surface area contributed by atoms with E-state index in [0.717, 1.165) is 41.9 Å². The highest BCUT2D eigenvalue weighted by molar-refractivity contribution is 5.86. The van der Waals surface area contributed by atoms with Crippen molar-refractivity contribution >= 4 is 5.71 Å². The molecule has 28 heavy (non-hydrogen) atoms. The number of rotatable bonds is 6. The maximum absolute atomic E-state index is 11.0. The van der Waals surface area contributed by atoms with Crippen molar-refractivity contribution in [2.75, 3.05) is 0 Å². The Morgan fingerprint density at radius 3 is 2.64 bits per heavy atom. The van der Waals surface area contributed by atoms with Gasteiger partial charge >= 0.3 is 0 Å². The number of aromatic hydroxyl groups is 1. The predicted octanol–water partition coefficient (Wildman–Crippen LogP) is 6.53. The van der Waals surface area contributed by atoms with Gasteiger partial charge in [-0.05, 0) is 62.6 Å². The molecule has 3 rings (SSSR count). The van der Waals surface area contributed by atoms with Crippen molar-refractivity contribution in [2.24, 2.45) is 11.1 Å². The fourth-order valence-electron chi connectivity index (χ4n) is 5.20. The summed E-state index contributed by atoms with van der Waals surface area (Å²) in [4.78, 5) is 0. The van der Waals surface area contributed by atoms with Crippen LogP contribution in [-0.4, -0.2) is 21.6 Å². The third-order valence-electron chi connectivity index (χ3n) is 7.02. The highest BCUT2D eigenvalue weighted by Crippen LogP contribution is 2.54. The summed E-state index contributed by atoms with van der Waals surface area (Å²) in [5.74, 6) is 1.59. The lowest BCUT2D eigenvalue weighted by molar-refractivity contribution is 0.00284. The largest absolute Gasteiger partial charge is 0.508 e. The second-order valence-electron chi connectivity index (χ2n) is 9.93. The van der Waals surface area contributed by atoms with Crippen LogP contribution in [0.1, 0.15) is 103 Å². The molecule has 0 bridgehead atoms. The zero-order valence-corrected chi connectivity index (χ0v) is 18.2. The molecular formula is C24H37NO3. The first-order valence-electron chi connectivity index (χ1n) is 11.0. The van der Waals surface area contributed by atoms with E-state index in [9.17, 15) is 10.3 Å². The van der Waals surface area contributed by atoms with Gasteiger partial charge in [0.1, 0.15) is 17.1 Å². The zero-order chi connectivity index (χ0) is 20.5. The Morgan fingerprint density at radius 2 is 1.96 bits per heavy atom. The summed E-state index contributed by atoms with van der Waals surface area (Å²) in [6.07, 6.45) is 8.48. The van der Waals surface area contributed by atoms with Gasteiger partial charge in [0.25, 0.3) is 0 Å². The average molecular weight is 388 g/mol. The van der Waals surface area contributed by atoms with Crippen LogP contribution in [0.3, 0.4) is 0 Å². The zero-order valence-electron chi connectivity index (χ0n) is 18.2. The van der Waals surface area contributed by atoms with Crippen LogP contribution in [0.2, 0.25) is 0 Å². The second-order valence-corrected chi connectivity index (χ2v) is 9.93. The molecule has 2 aliphatic rings. The van der Waals surface area contributed by atoms with E-state index in [1.807, 2.05) is 6.07 Å². The van der Waals surface area contributed by atoms with Gasteiger partial charge in [0.05, 0.1) is 5.71 Å². The third kappa shape index (κ3) is 4.01. The average Bonchev–Trinajstić information content (AvgIpc) is 2.63. The van der Waals surface area contributed by atoms with Gasteiger partial charge in [-0.1, -0.05) is 51.6 Å². The number of benzene rings is 1. The predicted molar refractivity (Wildman–Crippen MR) is 114 cm³/mol. The number of phenolic OH excluding ortho intramolecular Hbond substituents is 1. The molecule has 156 valence electrons. The summed E-state index contributed by atoms with van der Waals surface area (Å²) in [6.45, 7) is 11.0. The fraction of sp³-hybridized carbons (Fsp3) is 0.708. The Labute approximate surface area is 170 Å². The van der Waals surface area contributed by atoms with Crippen LogP contribution in [0.4, 0.5) is 0 Å². The smallest absolute Gasteiger partial charge is 0.127 e. The van der Waals surface area contributed by atoms with Crippen molar-refractivity contribution in [3.63, 3.8) is 0 Å². The van der Waals surface area contributed by atoms with E-state index in [-0.39, 0.29) is 16.9 Å². The molecule has 1 aromatic carbocycles. The molecule has 1 fully saturated rings. The quantitative estimate of drug-likeness (QED) is 0.331. The van der Waals surface area contributed by atoms with Gasteiger partial charge in [-0.15, -0.1) is 0 Å². The topological polar surface area (TPSA) is 62.0 Å². The van der Waals surface area contributed by atoms with Crippen molar-refractivity contribution < 1.29 is 15.1 Å². The highest BCUT2D eigenvalue weighted by atomic mass is 16.5. The van der Waals surface area contributed by atoms with E-state index >= 15 is 0 Å². The van der Waals surface area contributed by atoms with E-state index in [4.69, 9.17) is 4.74 Å². The molecule has 0 radical (unpaired) electrons. The number of fused-ring (bicyclic) bond motifs is 3. The number of nitrogens with zero attached hydrogens (tertiary/aromatic N) is 1. The molecular weight excluding hydrogens is 350 g/mol. The highest BCUT2D eigenvalue weighted by Gasteiger charge is 2.47. The SMILES string of the molecule is CCCCCCC(C)(C)c1cc(O)c2c(c1)OC(C)(C)[C@H]1CCC(=NO)C[C@@H]21. The molecule has 0 aromatic heterocycles. The summed E-state index contributed by atoms with van der Waals surface area (Å²) >= 11 is 0. The lowest BCUT2D eigenvalue weighted by atomic mass is 9.65. The van der Waals surface area contributed by atoms with E-state index in [0.29, 0.717) is 18.1 Å². The minimum atomic E-state index is -0.297. The van der Waals surface area contributed by atoms with E-state index < -0.39 is 0 Å². The molecule has 1 aliphatic carbocycles. The Morgan fingerprint density at radius 1 is 1.21 bits per heavy atom. The summed E-state index contributed by atoms with van der Waals surface area (Å²) in [5, 5.41) is 23.8. The lowest BCUT2D eigenvalue weighted by Gasteiger charge is -2.47. The van der Waals surface area contributed by atoms with Gasteiger partial charge in [0.2, 0.25) is 0 Å². The molecule has 1 aromatic rings. The Kier molecular flexibility index (Phi) is 5.97. The van der Waals surface area contributed by atoms with Crippen molar-refractivity contribution in [2.45, 2.75) is 103 Å². The number of oxime groups is 1. The summed E-state index contributed by atoms with van der Waals surface area (Å²) < 4.78 is 6.45. The molecule has 2 atom stereocenters. The second kappa shape index (κ2) is 7.96. The van der Waals surface area contributed by atoms with Gasteiger partial charge in [-0.3, -0.25) is 0 Å². The number of hydrogen-bond donors (Lipinski definition) is 2. The molecule has 1 saturated carbocycles. The van der Waals surface area contributed by atoms with E-state index in [1.54, 1.807) is 0 Å². The summed E-state index contributed by atoms with van der Waals surface area (Å²) in [7, 11) is 0. The monoisotopic (exact) mass is 387 g/mol. The maximum atomic E-state index is 11.0. The summed E-state index contributed by atoms with van der Waals surface area (Å²) in [6, 6.07) is 4.10. The number of ether oxygens (including phenoxy) is 1. The van der Waals surface area contributed by atoms with Crippen LogP contribution >= 0.6 is 0 Å². The molecule has 4 heteroatoms. The van der Waals surface area contributed by atoms with Crippen molar-refractivity contribution in [1.29, 1.82) is 0 Å². The first-order chi connectivity index (χ1) is 13.2. The Bertz CT molecular complexity index is 736. The van der Waals surface area contributed by atoms with Crippen LogP contribution in [0.15, 0.2) is 17.3 Å². The van der Waals surface area contributed by atoms with Gasteiger partial charge in [-0.25, -0.2) is 0 Å². The van der Waals surface area contributed by atoms with Gasteiger partial charge < -0.3 is 15.1 Å². The molecule has 2 N–H and O–H groups in total. The normalized spacial score (nSPS) is 25.1. The minimum absolute atomic E-state index is 0.00507. The van der Waals surface area contributed by atoms with Crippen LogP contribution in [0.5, 0.6) is 11.5 Å². The molecule has 0 spiro atoms. The first kappa shape index (κ1) is 21.0. The molecule has 0 saturated heterocycles. The van der Waals surface area contributed by atoms with E-state index in [1.165, 1.54) is 25.7 Å². The van der Waals surface area contributed by atoms with Crippen LogP contribution in [0.25, 0.3) is 0 Å². The van der Waals surface area contributed by atoms with Gasteiger partial charge in [0, 0.05) is 17.4 Å². The molecule has 0 unspecified atom stereocenters. The van der Waals surface area contributed by atoms with Crippen LogP contribution < -0.4 is 4.74 Å². The lowest BCUT2D eigenvalue weighted by Crippen LogP contribution is -2.47. The number of hydrogen-bond acceptors (Lipinski definition) is 4. The number of unbranched alkanes of at least 4 members (excludes halogenated alkanes) is 3. The van der Waals surface area contributed by atoms with Crippen molar-refractivity contribution in [1.82, 2.24) is 0 Å². The molecule has 0 amide bonds. The standard InChI is InChI=1S/C24H37NO3/c1-6-7-8-9-12-23(2,3)16-13-20(26)22-18-15-17(25-27)10-11-19(18)24(4,5)28-21(22)14-16/h13-14,18-19,26-27H,6-12,15H2,1-5H3/t18-,19+/m1/s1. The van der Waals surface area contributed by atoms with Crippen molar-refractivity contribution in [3.8, 4) is 11.5 Å². The minimum Gasteiger partial charge on any atom is -0.508 e. The van der Waals surface area contributed by atoms with Crippen LogP contribution in [0, 0.1) is 5.92 Å². The van der Waals surface area contributed by atoms with Crippen molar-refractivity contribution in [3.05, 3.63) is 23.3 Å². The van der Waals surface area contributed by atoms with Gasteiger partial charge in [-0.2, -0.15) is 0 Å². The maximum Gasteiger partial charge on any atom is 0.127 e. The fourth-order valence-corrected chi connectivity index (χ4v) is 5.20.